The molecular formula is C13H18ClN3O2. The third kappa shape index (κ3) is 5.18. The lowest BCUT2D eigenvalue weighted by atomic mass is 10.1. The Morgan fingerprint density at radius 1 is 1.32 bits per heavy atom. The Kier molecular flexibility index (Phi) is 5.63. The van der Waals surface area contributed by atoms with Crippen LogP contribution in [0.25, 0.3) is 0 Å². The average Bonchev–Trinajstić information content (AvgIpc) is 2.33. The molecule has 2 amide bonds. The average molecular weight is 284 g/mol. The first kappa shape index (κ1) is 15.3. The molecule has 0 atom stereocenters. The molecule has 6 heteroatoms. The van der Waals surface area contributed by atoms with Gasteiger partial charge in [-0.3, -0.25) is 9.59 Å². The number of carbonyl (C=O) groups excluding carboxylic acids is 2. The van der Waals surface area contributed by atoms with E-state index in [1.165, 1.54) is 12.1 Å². The van der Waals surface area contributed by atoms with Crippen LogP contribution in [0, 0.1) is 5.92 Å². The van der Waals surface area contributed by atoms with E-state index in [9.17, 15) is 9.59 Å². The first-order chi connectivity index (χ1) is 8.90. The van der Waals surface area contributed by atoms with Gasteiger partial charge < -0.3 is 16.4 Å². The van der Waals surface area contributed by atoms with Crippen molar-refractivity contribution < 1.29 is 9.59 Å². The fraction of sp³-hybridized carbons (Fsp3) is 0.385. The van der Waals surface area contributed by atoms with Crippen molar-refractivity contribution in [3.8, 4) is 0 Å². The van der Waals surface area contributed by atoms with Gasteiger partial charge in [0.25, 0.3) is 5.91 Å². The van der Waals surface area contributed by atoms with E-state index in [2.05, 4.69) is 10.6 Å². The van der Waals surface area contributed by atoms with Gasteiger partial charge in [-0.25, -0.2) is 0 Å². The zero-order valence-corrected chi connectivity index (χ0v) is 11.8. The minimum absolute atomic E-state index is 0.0758. The van der Waals surface area contributed by atoms with Crippen LogP contribution >= 0.6 is 11.6 Å². The van der Waals surface area contributed by atoms with Crippen LogP contribution in [0.4, 0.5) is 5.69 Å². The Morgan fingerprint density at radius 2 is 2.00 bits per heavy atom. The largest absolute Gasteiger partial charge is 0.398 e. The highest BCUT2D eigenvalue weighted by molar-refractivity contribution is 6.31. The summed E-state index contributed by atoms with van der Waals surface area (Å²) in [6.07, 6.45) is 0. The highest BCUT2D eigenvalue weighted by Gasteiger charge is 2.11. The van der Waals surface area contributed by atoms with E-state index < -0.39 is 5.91 Å². The zero-order valence-electron chi connectivity index (χ0n) is 11.0. The Bertz CT molecular complexity index is 475. The molecule has 5 nitrogen and oxygen atoms in total. The molecule has 0 saturated carbocycles. The number of carbonyl (C=O) groups is 2. The van der Waals surface area contributed by atoms with E-state index in [0.29, 0.717) is 23.0 Å². The van der Waals surface area contributed by atoms with E-state index >= 15 is 0 Å². The van der Waals surface area contributed by atoms with Crippen LogP contribution in [-0.2, 0) is 4.79 Å². The van der Waals surface area contributed by atoms with Crippen molar-refractivity contribution in [2.75, 3.05) is 18.8 Å². The van der Waals surface area contributed by atoms with Crippen LogP contribution in [0.15, 0.2) is 18.2 Å². The van der Waals surface area contributed by atoms with Crippen LogP contribution in [0.1, 0.15) is 24.2 Å². The third-order valence-electron chi connectivity index (χ3n) is 2.38. The van der Waals surface area contributed by atoms with Crippen molar-refractivity contribution >= 4 is 29.1 Å². The summed E-state index contributed by atoms with van der Waals surface area (Å²) in [5.74, 6) is -0.255. The Labute approximate surface area is 117 Å². The topological polar surface area (TPSA) is 84.2 Å². The van der Waals surface area contributed by atoms with E-state index in [-0.39, 0.29) is 18.1 Å². The van der Waals surface area contributed by atoms with Gasteiger partial charge in [-0.1, -0.05) is 25.4 Å². The van der Waals surface area contributed by atoms with Crippen LogP contribution in [-0.4, -0.2) is 24.9 Å². The maximum atomic E-state index is 11.8. The summed E-state index contributed by atoms with van der Waals surface area (Å²) in [4.78, 5) is 23.2. The van der Waals surface area contributed by atoms with Gasteiger partial charge in [0.1, 0.15) is 0 Å². The van der Waals surface area contributed by atoms with E-state index in [0.717, 1.165) is 0 Å². The van der Waals surface area contributed by atoms with Crippen LogP contribution in [0.5, 0.6) is 0 Å². The molecule has 0 aromatic heterocycles. The summed E-state index contributed by atoms with van der Waals surface area (Å²) in [6.45, 7) is 4.49. The fourth-order valence-corrected chi connectivity index (χ4v) is 1.56. The zero-order chi connectivity index (χ0) is 14.4. The molecule has 0 aliphatic rings. The second-order valence-corrected chi connectivity index (χ2v) is 5.05. The predicted molar refractivity (Wildman–Crippen MR) is 76.0 cm³/mol. The minimum atomic E-state index is -0.395. The van der Waals surface area contributed by atoms with E-state index in [1.54, 1.807) is 6.07 Å². The molecule has 19 heavy (non-hydrogen) atoms. The molecule has 0 spiro atoms. The Morgan fingerprint density at radius 3 is 2.58 bits per heavy atom. The molecule has 0 aliphatic carbocycles. The first-order valence-electron chi connectivity index (χ1n) is 6.00. The number of rotatable bonds is 5. The number of nitrogens with two attached hydrogens (primary N) is 1. The SMILES string of the molecule is CC(C)CNC(=O)CNC(=O)c1ccc(Cl)cc1N. The first-order valence-corrected chi connectivity index (χ1v) is 6.38. The van der Waals surface area contributed by atoms with Crippen molar-refractivity contribution in [3.05, 3.63) is 28.8 Å². The number of halogens is 1. The molecule has 0 bridgehead atoms. The van der Waals surface area contributed by atoms with E-state index in [1.807, 2.05) is 13.8 Å². The monoisotopic (exact) mass is 283 g/mol. The normalized spacial score (nSPS) is 10.3. The third-order valence-corrected chi connectivity index (χ3v) is 2.61. The number of nitrogens with one attached hydrogen (secondary N) is 2. The van der Waals surface area contributed by atoms with Crippen molar-refractivity contribution in [1.29, 1.82) is 0 Å². The maximum absolute atomic E-state index is 11.8. The number of hydrogen-bond acceptors (Lipinski definition) is 3. The summed E-state index contributed by atoms with van der Waals surface area (Å²) in [5.41, 5.74) is 6.27. The van der Waals surface area contributed by atoms with E-state index in [4.69, 9.17) is 17.3 Å². The molecular weight excluding hydrogens is 266 g/mol. The lowest BCUT2D eigenvalue weighted by Crippen LogP contribution is -2.38. The fourth-order valence-electron chi connectivity index (χ4n) is 1.38. The second kappa shape index (κ2) is 6.99. The van der Waals surface area contributed by atoms with Gasteiger partial charge >= 0.3 is 0 Å². The summed E-state index contributed by atoms with van der Waals surface area (Å²) >= 11 is 5.74. The van der Waals surface area contributed by atoms with Crippen LogP contribution < -0.4 is 16.4 Å². The molecule has 0 saturated heterocycles. The number of hydrogen-bond donors (Lipinski definition) is 3. The molecule has 1 rings (SSSR count). The highest BCUT2D eigenvalue weighted by atomic mass is 35.5. The molecule has 0 unspecified atom stereocenters. The van der Waals surface area contributed by atoms with Crippen molar-refractivity contribution in [1.82, 2.24) is 10.6 Å². The number of amides is 2. The summed E-state index contributed by atoms with van der Waals surface area (Å²) in [7, 11) is 0. The molecule has 0 fully saturated rings. The smallest absolute Gasteiger partial charge is 0.253 e. The molecule has 0 radical (unpaired) electrons. The minimum Gasteiger partial charge on any atom is -0.398 e. The quantitative estimate of drug-likeness (QED) is 0.715. The molecule has 1 aromatic rings. The maximum Gasteiger partial charge on any atom is 0.253 e. The van der Waals surface area contributed by atoms with Crippen LogP contribution in [0.3, 0.4) is 0 Å². The number of benzene rings is 1. The molecule has 104 valence electrons. The number of anilines is 1. The Hall–Kier alpha value is -1.75. The van der Waals surface area contributed by atoms with Gasteiger partial charge in [0.05, 0.1) is 12.1 Å². The standard InChI is InChI=1S/C13H18ClN3O2/c1-8(2)6-16-12(18)7-17-13(19)10-4-3-9(14)5-11(10)15/h3-5,8H,6-7,15H2,1-2H3,(H,16,18)(H,17,19). The van der Waals surface area contributed by atoms with Crippen molar-refractivity contribution in [3.63, 3.8) is 0 Å². The van der Waals surface area contributed by atoms with Gasteiger partial charge in [0.2, 0.25) is 5.91 Å². The van der Waals surface area contributed by atoms with Crippen LogP contribution in [0.2, 0.25) is 5.02 Å². The summed E-state index contributed by atoms with van der Waals surface area (Å²) < 4.78 is 0. The van der Waals surface area contributed by atoms with Crippen molar-refractivity contribution in [2.45, 2.75) is 13.8 Å². The second-order valence-electron chi connectivity index (χ2n) is 4.61. The summed E-state index contributed by atoms with van der Waals surface area (Å²) in [6, 6.07) is 4.60. The van der Waals surface area contributed by atoms with Crippen molar-refractivity contribution in [2.24, 2.45) is 5.92 Å². The summed E-state index contributed by atoms with van der Waals surface area (Å²) in [5, 5.41) is 5.68. The molecule has 4 N–H and O–H groups in total. The highest BCUT2D eigenvalue weighted by Crippen LogP contribution is 2.17. The molecule has 1 aromatic carbocycles. The predicted octanol–water partition coefficient (Wildman–Crippen LogP) is 1.42. The lowest BCUT2D eigenvalue weighted by molar-refractivity contribution is -0.120. The van der Waals surface area contributed by atoms with Gasteiger partial charge in [0, 0.05) is 17.3 Å². The Balaban J connectivity index is 2.49. The lowest BCUT2D eigenvalue weighted by Gasteiger charge is -2.09. The van der Waals surface area contributed by atoms with Gasteiger partial charge in [-0.05, 0) is 24.1 Å². The number of nitrogen functional groups attached to an aromatic ring is 1. The molecule has 0 aliphatic heterocycles. The molecule has 0 heterocycles. The van der Waals surface area contributed by atoms with Gasteiger partial charge in [-0.2, -0.15) is 0 Å². The van der Waals surface area contributed by atoms with Gasteiger partial charge in [-0.15, -0.1) is 0 Å². The van der Waals surface area contributed by atoms with Gasteiger partial charge in [0.15, 0.2) is 0 Å².